The molecule has 0 unspecified atom stereocenters. The molecular weight excluding hydrogens is 416 g/mol. The fourth-order valence-corrected chi connectivity index (χ4v) is 2.83. The van der Waals surface area contributed by atoms with Crippen molar-refractivity contribution in [3.05, 3.63) is 123 Å². The van der Waals surface area contributed by atoms with Crippen LogP contribution in [0.15, 0.2) is 41.5 Å². The van der Waals surface area contributed by atoms with Crippen molar-refractivity contribution < 1.29 is 26.2 Å². The minimum absolute atomic E-state index is 0. The molecule has 0 heterocycles. The summed E-state index contributed by atoms with van der Waals surface area (Å²) in [5.41, 5.74) is 3.99. The van der Waals surface area contributed by atoms with Crippen LogP contribution in [0.4, 0.5) is 0 Å². The van der Waals surface area contributed by atoms with Crippen molar-refractivity contribution in [2.24, 2.45) is 0 Å². The summed E-state index contributed by atoms with van der Waals surface area (Å²) in [7, 11) is 0. The van der Waals surface area contributed by atoms with Crippen LogP contribution in [0, 0.1) is 76.4 Å². The van der Waals surface area contributed by atoms with Crippen LogP contribution in [-0.2, 0) is 26.2 Å². The first-order chi connectivity index (χ1) is 13.4. The fourth-order valence-electron chi connectivity index (χ4n) is 2.83. The first-order valence-corrected chi connectivity index (χ1v) is 10.0. The van der Waals surface area contributed by atoms with Crippen molar-refractivity contribution >= 4 is 0 Å². The second kappa shape index (κ2) is 17.4. The molecule has 0 spiro atoms. The molecule has 0 saturated heterocycles. The average Bonchev–Trinajstić information content (AvgIpc) is 3.49. The Morgan fingerprint density at radius 3 is 1.71 bits per heavy atom. The van der Waals surface area contributed by atoms with E-state index < -0.39 is 0 Å². The summed E-state index contributed by atoms with van der Waals surface area (Å²) in [6.45, 7) is 2.23. The Bertz CT molecular complexity index is 507. The van der Waals surface area contributed by atoms with E-state index in [-0.39, 0.29) is 26.2 Å². The standard InChI is InChI=1S/C17H20.2C5H5.Zr/c1-2-3-5-11-16-12-8-13-17(16)14-15-9-6-4-7-10-15;2*1-2-4-5-3-1;/h4,6-7,9-10H,2-3,5,8,12-13H2,1H3;2*1-5H;/q-2;;;+2. The molecule has 0 bridgehead atoms. The van der Waals surface area contributed by atoms with Crippen LogP contribution >= 0.6 is 0 Å². The summed E-state index contributed by atoms with van der Waals surface area (Å²) in [6.07, 6.45) is 34.3. The van der Waals surface area contributed by atoms with Crippen LogP contribution in [0.5, 0.6) is 0 Å². The molecule has 3 fully saturated rings. The molecule has 1 aromatic carbocycles. The van der Waals surface area contributed by atoms with E-state index in [9.17, 15) is 0 Å². The molecule has 3 aliphatic carbocycles. The first kappa shape index (κ1) is 25.6. The van der Waals surface area contributed by atoms with Crippen LogP contribution < -0.4 is 0 Å². The second-order valence-corrected chi connectivity index (χ2v) is 6.51. The zero-order chi connectivity index (χ0) is 19.0. The normalized spacial score (nSPS) is 20.9. The van der Waals surface area contributed by atoms with E-state index in [1.165, 1.54) is 48.8 Å². The maximum Gasteiger partial charge on any atom is 2.00 e. The quantitative estimate of drug-likeness (QED) is 0.349. The van der Waals surface area contributed by atoms with Gasteiger partial charge in [-0.25, -0.2) is 6.08 Å². The zero-order valence-electron chi connectivity index (χ0n) is 16.9. The van der Waals surface area contributed by atoms with Crippen LogP contribution in [0.25, 0.3) is 0 Å². The third kappa shape index (κ3) is 11.6. The summed E-state index contributed by atoms with van der Waals surface area (Å²) in [4.78, 5) is 0. The van der Waals surface area contributed by atoms with Gasteiger partial charge in [0.2, 0.25) is 0 Å². The Labute approximate surface area is 194 Å². The SMILES string of the molecule is CCCC[C-]=C1CCCC1=[C-]c1ccccc1.[CH]1[CH][CH][CH][CH]1.[CH]1[CH][CH][CH][CH]1.[Zr+2]. The van der Waals surface area contributed by atoms with Gasteiger partial charge in [0.15, 0.2) is 0 Å². The van der Waals surface area contributed by atoms with Gasteiger partial charge in [-0.1, -0.05) is 38.7 Å². The molecule has 1 heteroatoms. The molecule has 28 heavy (non-hydrogen) atoms. The van der Waals surface area contributed by atoms with Gasteiger partial charge in [-0.3, -0.25) is 11.1 Å². The summed E-state index contributed by atoms with van der Waals surface area (Å²) < 4.78 is 0. The first-order valence-electron chi connectivity index (χ1n) is 10.0. The minimum atomic E-state index is 0. The molecule has 0 amide bonds. The predicted octanol–water partition coefficient (Wildman–Crippen LogP) is 6.91. The Hall–Kier alpha value is -0.417. The van der Waals surface area contributed by atoms with Crippen molar-refractivity contribution in [3.8, 4) is 0 Å². The van der Waals surface area contributed by atoms with Gasteiger partial charge in [-0.2, -0.15) is 5.56 Å². The number of hydrogen-bond acceptors (Lipinski definition) is 0. The molecule has 0 N–H and O–H groups in total. The Morgan fingerprint density at radius 1 is 0.714 bits per heavy atom. The topological polar surface area (TPSA) is 0 Å². The molecule has 0 aliphatic heterocycles. The van der Waals surface area contributed by atoms with Gasteiger partial charge in [0.05, 0.1) is 0 Å². The minimum Gasteiger partial charge on any atom is -0.323 e. The van der Waals surface area contributed by atoms with Crippen LogP contribution in [-0.4, -0.2) is 0 Å². The van der Waals surface area contributed by atoms with Crippen molar-refractivity contribution in [1.29, 1.82) is 0 Å². The Kier molecular flexibility index (Phi) is 16.0. The van der Waals surface area contributed by atoms with Gasteiger partial charge in [0, 0.05) is 0 Å². The van der Waals surface area contributed by atoms with E-state index in [1.807, 2.05) is 64.2 Å². The summed E-state index contributed by atoms with van der Waals surface area (Å²) in [5, 5.41) is 0. The van der Waals surface area contributed by atoms with Gasteiger partial charge in [0.1, 0.15) is 0 Å². The number of rotatable bonds is 4. The van der Waals surface area contributed by atoms with Crippen molar-refractivity contribution in [1.82, 2.24) is 0 Å². The molecule has 3 aliphatic rings. The van der Waals surface area contributed by atoms with E-state index in [0.29, 0.717) is 0 Å². The number of unbranched alkanes of at least 4 members (excludes halogenated alkanes) is 2. The van der Waals surface area contributed by atoms with E-state index in [4.69, 9.17) is 0 Å². The molecule has 4 rings (SSSR count). The number of benzene rings is 1. The molecule has 10 radical (unpaired) electrons. The summed E-state index contributed by atoms with van der Waals surface area (Å²) >= 11 is 0. The zero-order valence-corrected chi connectivity index (χ0v) is 19.4. The van der Waals surface area contributed by atoms with Gasteiger partial charge in [-0.15, -0.1) is 37.1 Å². The maximum atomic E-state index is 3.57. The van der Waals surface area contributed by atoms with Crippen molar-refractivity contribution in [2.75, 3.05) is 0 Å². The van der Waals surface area contributed by atoms with Crippen molar-refractivity contribution in [3.63, 3.8) is 0 Å². The largest absolute Gasteiger partial charge is 2.00 e. The molecule has 142 valence electrons. The molecule has 0 aromatic heterocycles. The summed E-state index contributed by atoms with van der Waals surface area (Å²) in [6, 6.07) is 10.4. The van der Waals surface area contributed by atoms with E-state index in [1.54, 1.807) is 0 Å². The number of allylic oxidation sites excluding steroid dienone is 3. The van der Waals surface area contributed by atoms with E-state index in [2.05, 4.69) is 49.4 Å². The molecule has 1 aromatic rings. The Balaban J connectivity index is 0.000000290. The smallest absolute Gasteiger partial charge is 0.323 e. The fraction of sp³-hybridized carbons (Fsp3) is 0.259. The molecule has 0 nitrogen and oxygen atoms in total. The number of hydrogen-bond donors (Lipinski definition) is 0. The van der Waals surface area contributed by atoms with E-state index in [0.717, 1.165) is 6.42 Å². The van der Waals surface area contributed by atoms with Crippen LogP contribution in [0.2, 0.25) is 0 Å². The Morgan fingerprint density at radius 2 is 1.21 bits per heavy atom. The summed E-state index contributed by atoms with van der Waals surface area (Å²) in [5.74, 6) is 0. The molecule has 0 atom stereocenters. The van der Waals surface area contributed by atoms with Crippen molar-refractivity contribution in [2.45, 2.75) is 45.4 Å². The van der Waals surface area contributed by atoms with Gasteiger partial charge in [0.25, 0.3) is 0 Å². The van der Waals surface area contributed by atoms with Gasteiger partial charge < -0.3 is 6.08 Å². The van der Waals surface area contributed by atoms with Crippen LogP contribution in [0.1, 0.15) is 51.0 Å². The maximum absolute atomic E-state index is 3.57. The third-order valence-corrected chi connectivity index (χ3v) is 4.27. The van der Waals surface area contributed by atoms with Crippen LogP contribution in [0.3, 0.4) is 0 Å². The predicted molar refractivity (Wildman–Crippen MR) is 115 cm³/mol. The molecule has 3 saturated carbocycles. The third-order valence-electron chi connectivity index (χ3n) is 4.27. The molecular formula is C27H30Zr. The van der Waals surface area contributed by atoms with Gasteiger partial charge in [-0.05, 0) is 64.2 Å². The van der Waals surface area contributed by atoms with Gasteiger partial charge >= 0.3 is 26.2 Å². The average molecular weight is 446 g/mol. The van der Waals surface area contributed by atoms with E-state index >= 15 is 0 Å². The second-order valence-electron chi connectivity index (χ2n) is 6.51. The monoisotopic (exact) mass is 444 g/mol.